The summed E-state index contributed by atoms with van der Waals surface area (Å²) in [5.41, 5.74) is 0.985. The van der Waals surface area contributed by atoms with E-state index in [-0.39, 0.29) is 64.6 Å². The normalized spacial score (nSPS) is 31.1. The molecule has 0 N–H and O–H groups in total. The highest BCUT2D eigenvalue weighted by atomic mass is 28.3. The first-order valence-corrected chi connectivity index (χ1v) is 17.9. The van der Waals surface area contributed by atoms with Crippen LogP contribution in [0.5, 0.6) is 5.75 Å². The number of carbonyl (C=O) groups is 2. The predicted octanol–water partition coefficient (Wildman–Crippen LogP) is 7.01. The Bertz CT molecular complexity index is 1200. The van der Waals surface area contributed by atoms with Crippen molar-refractivity contribution in [3.8, 4) is 5.75 Å². The molecule has 1 saturated heterocycles. The molecule has 1 aliphatic heterocycles. The van der Waals surface area contributed by atoms with Crippen molar-refractivity contribution < 1.29 is 33.1 Å². The van der Waals surface area contributed by atoms with E-state index < -0.39 is 26.2 Å². The number of rotatable bonds is 8. The molecule has 2 aliphatic carbocycles. The summed E-state index contributed by atoms with van der Waals surface area (Å²) in [5, 5.41) is 10.9. The maximum Gasteiger partial charge on any atom is 0.514 e. The zero-order valence-corrected chi connectivity index (χ0v) is 26.9. The van der Waals surface area contributed by atoms with Crippen molar-refractivity contribution in [1.82, 2.24) is 0 Å². The molecule has 9 nitrogen and oxygen atoms in total. The summed E-state index contributed by atoms with van der Waals surface area (Å²) in [6.07, 6.45) is 7.72. The number of allylic oxidation sites excluding steroid dienone is 3. The van der Waals surface area contributed by atoms with Crippen molar-refractivity contribution in [2.75, 3.05) is 0 Å². The number of nitro groups is 1. The van der Waals surface area contributed by atoms with E-state index in [1.54, 1.807) is 0 Å². The SMILES string of the molecule is C[C@H]1C=C2C=C[C@H](C)[C@H](CC[C@@H]3C[C@H](C(C)(C)C)C(O[SiH](C)C)C(=O)O3)[C@H]2[C@@H](OC(=O)Oc2ccc([N+](=O)[O-])cc2)C1. The molecule has 10 heteroatoms. The Labute approximate surface area is 250 Å². The van der Waals surface area contributed by atoms with Crippen molar-refractivity contribution in [3.05, 3.63) is 58.2 Å². The van der Waals surface area contributed by atoms with Crippen molar-refractivity contribution >= 4 is 26.9 Å². The number of carbonyl (C=O) groups excluding carboxylic acids is 2. The van der Waals surface area contributed by atoms with Crippen LogP contribution in [0.1, 0.15) is 60.3 Å². The quantitative estimate of drug-likeness (QED) is 0.103. The van der Waals surface area contributed by atoms with E-state index in [4.69, 9.17) is 18.6 Å². The summed E-state index contributed by atoms with van der Waals surface area (Å²) in [4.78, 5) is 36.4. The minimum Gasteiger partial charge on any atom is -0.460 e. The fourth-order valence-electron chi connectivity index (χ4n) is 6.76. The molecule has 1 aromatic rings. The molecule has 0 spiro atoms. The molecular formula is C32H45NO8Si. The fourth-order valence-corrected chi connectivity index (χ4v) is 7.65. The van der Waals surface area contributed by atoms with Gasteiger partial charge < -0.3 is 18.6 Å². The van der Waals surface area contributed by atoms with Crippen LogP contribution in [0, 0.1) is 45.1 Å². The van der Waals surface area contributed by atoms with Gasteiger partial charge in [0.25, 0.3) is 5.69 Å². The van der Waals surface area contributed by atoms with Gasteiger partial charge >= 0.3 is 12.1 Å². The molecule has 3 aliphatic rings. The van der Waals surface area contributed by atoms with Gasteiger partial charge in [-0.1, -0.05) is 52.8 Å². The number of nitrogens with zero attached hydrogens (tertiary/aromatic N) is 1. The van der Waals surface area contributed by atoms with Gasteiger partial charge in [0, 0.05) is 24.0 Å². The summed E-state index contributed by atoms with van der Waals surface area (Å²) >= 11 is 0. The Morgan fingerprint density at radius 2 is 1.81 bits per heavy atom. The van der Waals surface area contributed by atoms with Crippen LogP contribution < -0.4 is 4.74 Å². The van der Waals surface area contributed by atoms with Crippen LogP contribution >= 0.6 is 0 Å². The standard InChI is InChI=1S/C32H45NO8Si/c1-19-16-21-9-8-20(2)25(15-14-24-18-26(32(3,4)5)29(30(34)38-24)41-42(6)7)28(21)27(17-19)40-31(35)39-23-12-10-22(11-13-23)33(36)37/h8-13,16,19-20,24-29,42H,14-15,17-18H2,1-7H3/t19-,20-,24+,25-,26-,27-,28-,29?/m0/s1. The average Bonchev–Trinajstić information content (AvgIpc) is 2.89. The van der Waals surface area contributed by atoms with Crippen LogP contribution in [0.15, 0.2) is 48.1 Å². The molecule has 42 heavy (non-hydrogen) atoms. The Morgan fingerprint density at radius 3 is 2.43 bits per heavy atom. The number of fused-ring (bicyclic) bond motifs is 1. The molecule has 4 rings (SSSR count). The highest BCUT2D eigenvalue weighted by Crippen LogP contribution is 2.46. The highest BCUT2D eigenvalue weighted by Gasteiger charge is 2.46. The Balaban J connectivity index is 1.46. The predicted molar refractivity (Wildman–Crippen MR) is 162 cm³/mol. The molecule has 8 atom stereocenters. The first-order chi connectivity index (χ1) is 19.7. The first kappa shape index (κ1) is 31.9. The highest BCUT2D eigenvalue weighted by molar-refractivity contribution is 6.48. The number of cyclic esters (lactones) is 1. The number of ether oxygens (including phenoxy) is 3. The van der Waals surface area contributed by atoms with Crippen LogP contribution in [0.4, 0.5) is 10.5 Å². The minimum atomic E-state index is -1.43. The molecule has 0 amide bonds. The van der Waals surface area contributed by atoms with Gasteiger partial charge in [-0.05, 0) is 79.7 Å². The summed E-state index contributed by atoms with van der Waals surface area (Å²) in [7, 11) is -1.43. The van der Waals surface area contributed by atoms with Crippen LogP contribution in [0.3, 0.4) is 0 Å². The summed E-state index contributed by atoms with van der Waals surface area (Å²) < 4.78 is 23.4. The Hall–Kier alpha value is -2.98. The van der Waals surface area contributed by atoms with Crippen LogP contribution in [0.2, 0.25) is 13.1 Å². The van der Waals surface area contributed by atoms with Crippen LogP contribution in [-0.2, 0) is 18.7 Å². The van der Waals surface area contributed by atoms with Crippen molar-refractivity contribution in [3.63, 3.8) is 0 Å². The van der Waals surface area contributed by atoms with Gasteiger partial charge in [0.15, 0.2) is 9.04 Å². The van der Waals surface area contributed by atoms with Gasteiger partial charge in [-0.3, -0.25) is 10.1 Å². The van der Waals surface area contributed by atoms with Crippen LogP contribution in [-0.4, -0.2) is 44.4 Å². The number of hydrogen-bond donors (Lipinski definition) is 0. The van der Waals surface area contributed by atoms with Gasteiger partial charge in [-0.2, -0.15) is 0 Å². The topological polar surface area (TPSA) is 114 Å². The minimum absolute atomic E-state index is 0.00802. The number of esters is 1. The average molecular weight is 600 g/mol. The lowest BCUT2D eigenvalue weighted by atomic mass is 9.65. The second-order valence-corrected chi connectivity index (χ2v) is 15.9. The van der Waals surface area contributed by atoms with Gasteiger partial charge in [-0.15, -0.1) is 0 Å². The number of nitro benzene ring substituents is 1. The zero-order chi connectivity index (χ0) is 30.8. The molecule has 0 bridgehead atoms. The maximum atomic E-state index is 13.1. The third-order valence-corrected chi connectivity index (χ3v) is 9.68. The largest absolute Gasteiger partial charge is 0.514 e. The zero-order valence-electron chi connectivity index (χ0n) is 25.8. The van der Waals surface area contributed by atoms with Gasteiger partial charge in [0.2, 0.25) is 0 Å². The second-order valence-electron chi connectivity index (χ2n) is 13.5. The van der Waals surface area contributed by atoms with E-state index in [1.165, 1.54) is 24.3 Å². The number of benzene rings is 1. The van der Waals surface area contributed by atoms with E-state index >= 15 is 0 Å². The second kappa shape index (κ2) is 13.1. The van der Waals surface area contributed by atoms with E-state index in [0.717, 1.165) is 24.8 Å². The molecular weight excluding hydrogens is 554 g/mol. The Kier molecular flexibility index (Phi) is 9.98. The molecule has 0 radical (unpaired) electrons. The lowest BCUT2D eigenvalue weighted by Gasteiger charge is -2.44. The van der Waals surface area contributed by atoms with Crippen molar-refractivity contribution in [1.29, 1.82) is 0 Å². The molecule has 0 saturated carbocycles. The van der Waals surface area contributed by atoms with Crippen molar-refractivity contribution in [2.45, 2.75) is 91.7 Å². The molecule has 1 heterocycles. The summed E-state index contributed by atoms with van der Waals surface area (Å²) in [6.45, 7) is 14.9. The Morgan fingerprint density at radius 1 is 1.12 bits per heavy atom. The molecule has 1 fully saturated rings. The van der Waals surface area contributed by atoms with E-state index in [0.29, 0.717) is 6.42 Å². The molecule has 1 aromatic carbocycles. The number of hydrogen-bond acceptors (Lipinski definition) is 8. The molecule has 1 unspecified atom stereocenters. The first-order valence-electron chi connectivity index (χ1n) is 15.1. The fraction of sp³-hybridized carbons (Fsp3) is 0.625. The lowest BCUT2D eigenvalue weighted by molar-refractivity contribution is -0.384. The number of non-ortho nitro benzene ring substituents is 1. The third kappa shape index (κ3) is 7.69. The van der Waals surface area contributed by atoms with E-state index in [2.05, 4.69) is 65.9 Å². The summed E-state index contributed by atoms with van der Waals surface area (Å²) in [5.74, 6) is 0.679. The monoisotopic (exact) mass is 599 g/mol. The smallest absolute Gasteiger partial charge is 0.460 e. The summed E-state index contributed by atoms with van der Waals surface area (Å²) in [6, 6.07) is 5.35. The van der Waals surface area contributed by atoms with Gasteiger partial charge in [0.1, 0.15) is 24.1 Å². The lowest BCUT2D eigenvalue weighted by Crippen LogP contribution is -2.50. The molecule has 0 aromatic heterocycles. The van der Waals surface area contributed by atoms with Gasteiger partial charge in [-0.25, -0.2) is 9.59 Å². The van der Waals surface area contributed by atoms with Crippen molar-refractivity contribution in [2.24, 2.45) is 35.0 Å². The van der Waals surface area contributed by atoms with Crippen LogP contribution in [0.25, 0.3) is 0 Å². The molecule has 230 valence electrons. The maximum absolute atomic E-state index is 13.1. The van der Waals surface area contributed by atoms with Gasteiger partial charge in [0.05, 0.1) is 4.92 Å². The van der Waals surface area contributed by atoms with E-state index in [1.807, 2.05) is 0 Å². The van der Waals surface area contributed by atoms with E-state index in [9.17, 15) is 19.7 Å². The third-order valence-electron chi connectivity index (χ3n) is 8.84.